The Balaban J connectivity index is 2.07. The number of rotatable bonds is 7. The van der Waals surface area contributed by atoms with Gasteiger partial charge in [-0.1, -0.05) is 6.07 Å². The molecule has 0 bridgehead atoms. The molecule has 0 spiro atoms. The van der Waals surface area contributed by atoms with Crippen LogP contribution in [0.5, 0.6) is 0 Å². The highest BCUT2D eigenvalue weighted by Gasteiger charge is 2.23. The molecule has 5 nitrogen and oxygen atoms in total. The van der Waals surface area contributed by atoms with E-state index in [2.05, 4.69) is 21.3 Å². The molecule has 0 aliphatic heterocycles. The molecule has 1 atom stereocenters. The van der Waals surface area contributed by atoms with E-state index in [-0.39, 0.29) is 12.5 Å². The molecule has 132 valence electrons. The van der Waals surface area contributed by atoms with E-state index >= 15 is 0 Å². The van der Waals surface area contributed by atoms with Crippen LogP contribution >= 0.6 is 11.3 Å². The summed E-state index contributed by atoms with van der Waals surface area (Å²) in [6.07, 6.45) is 0. The van der Waals surface area contributed by atoms with Gasteiger partial charge in [0.15, 0.2) is 0 Å². The summed E-state index contributed by atoms with van der Waals surface area (Å²) >= 11 is 1.71. The summed E-state index contributed by atoms with van der Waals surface area (Å²) in [5, 5.41) is 15.2. The highest BCUT2D eigenvalue weighted by Crippen LogP contribution is 2.19. The third-order valence-electron chi connectivity index (χ3n) is 4.00. The summed E-state index contributed by atoms with van der Waals surface area (Å²) in [6.45, 7) is 7.20. The summed E-state index contributed by atoms with van der Waals surface area (Å²) in [6, 6.07) is 6.05. The standard InChI is InChI=1S/C18H27N3O2S/c1-13-9-16(14(2)21(13)10-15-7-6-8-24-15)17(22)19-11-18(3,23)12-20(4)5/h6-9,23H,10-12H2,1-5H3,(H,19,22). The lowest BCUT2D eigenvalue weighted by molar-refractivity contribution is 0.0326. The Hall–Kier alpha value is -1.63. The molecule has 0 saturated heterocycles. The largest absolute Gasteiger partial charge is 0.387 e. The topological polar surface area (TPSA) is 57.5 Å². The highest BCUT2D eigenvalue weighted by atomic mass is 32.1. The molecule has 24 heavy (non-hydrogen) atoms. The van der Waals surface area contributed by atoms with Crippen molar-refractivity contribution in [2.75, 3.05) is 27.2 Å². The van der Waals surface area contributed by atoms with Crippen molar-refractivity contribution >= 4 is 17.2 Å². The van der Waals surface area contributed by atoms with Crippen LogP contribution in [0.25, 0.3) is 0 Å². The zero-order valence-electron chi connectivity index (χ0n) is 15.1. The number of aryl methyl sites for hydroxylation is 1. The van der Waals surface area contributed by atoms with E-state index in [0.29, 0.717) is 12.1 Å². The van der Waals surface area contributed by atoms with E-state index in [4.69, 9.17) is 0 Å². The van der Waals surface area contributed by atoms with Crippen LogP contribution in [0.4, 0.5) is 0 Å². The minimum atomic E-state index is -0.957. The summed E-state index contributed by atoms with van der Waals surface area (Å²) < 4.78 is 2.15. The quantitative estimate of drug-likeness (QED) is 0.806. The van der Waals surface area contributed by atoms with E-state index in [1.165, 1.54) is 4.88 Å². The number of nitrogens with zero attached hydrogens (tertiary/aromatic N) is 2. The molecule has 0 saturated carbocycles. The molecule has 0 aliphatic rings. The van der Waals surface area contributed by atoms with Gasteiger partial charge in [0.1, 0.15) is 0 Å². The van der Waals surface area contributed by atoms with Gasteiger partial charge in [0.05, 0.1) is 17.7 Å². The Kier molecular flexibility index (Phi) is 5.85. The third-order valence-corrected chi connectivity index (χ3v) is 4.86. The number of hydrogen-bond donors (Lipinski definition) is 2. The van der Waals surface area contributed by atoms with Crippen molar-refractivity contribution in [1.29, 1.82) is 0 Å². The van der Waals surface area contributed by atoms with Gasteiger partial charge in [-0.2, -0.15) is 0 Å². The zero-order valence-corrected chi connectivity index (χ0v) is 15.9. The number of carbonyl (C=O) groups excluding carboxylic acids is 1. The SMILES string of the molecule is Cc1cc(C(=O)NCC(C)(O)CN(C)C)c(C)n1Cc1cccs1. The number of aliphatic hydroxyl groups is 1. The normalized spacial score (nSPS) is 14.0. The predicted molar refractivity (Wildman–Crippen MR) is 98.8 cm³/mol. The molecule has 1 amide bonds. The first-order chi connectivity index (χ1) is 11.2. The van der Waals surface area contributed by atoms with Gasteiger partial charge in [-0.05, 0) is 52.4 Å². The Morgan fingerprint density at radius 1 is 1.42 bits per heavy atom. The summed E-state index contributed by atoms with van der Waals surface area (Å²) in [7, 11) is 3.79. The van der Waals surface area contributed by atoms with Crippen molar-refractivity contribution in [3.8, 4) is 0 Å². The Morgan fingerprint density at radius 2 is 2.12 bits per heavy atom. The van der Waals surface area contributed by atoms with E-state index in [1.807, 2.05) is 45.0 Å². The fraction of sp³-hybridized carbons (Fsp3) is 0.500. The molecule has 2 aromatic rings. The summed E-state index contributed by atoms with van der Waals surface area (Å²) in [5.41, 5.74) is 1.73. The molecule has 0 radical (unpaired) electrons. The molecule has 0 aliphatic carbocycles. The first-order valence-corrected chi connectivity index (χ1v) is 8.92. The van der Waals surface area contributed by atoms with Gasteiger partial charge < -0.3 is 19.9 Å². The van der Waals surface area contributed by atoms with Crippen LogP contribution in [0.1, 0.15) is 33.5 Å². The maximum atomic E-state index is 12.5. The predicted octanol–water partition coefficient (Wildman–Crippen LogP) is 2.26. The number of likely N-dealkylation sites (N-methyl/N-ethyl adjacent to an activating group) is 1. The van der Waals surface area contributed by atoms with Gasteiger partial charge in [0, 0.05) is 29.4 Å². The van der Waals surface area contributed by atoms with Crippen molar-refractivity contribution in [2.45, 2.75) is 32.9 Å². The lowest BCUT2D eigenvalue weighted by Gasteiger charge is -2.27. The number of carbonyl (C=O) groups is 1. The number of thiophene rings is 1. The first-order valence-electron chi connectivity index (χ1n) is 8.04. The maximum absolute atomic E-state index is 12.5. The first kappa shape index (κ1) is 18.7. The van der Waals surface area contributed by atoms with Gasteiger partial charge in [-0.3, -0.25) is 4.79 Å². The Labute approximate surface area is 147 Å². The van der Waals surface area contributed by atoms with Crippen molar-refractivity contribution < 1.29 is 9.90 Å². The smallest absolute Gasteiger partial charge is 0.253 e. The second-order valence-electron chi connectivity index (χ2n) is 6.87. The summed E-state index contributed by atoms with van der Waals surface area (Å²) in [4.78, 5) is 15.7. The maximum Gasteiger partial charge on any atom is 0.253 e. The summed E-state index contributed by atoms with van der Waals surface area (Å²) in [5.74, 6) is -0.139. The Morgan fingerprint density at radius 3 is 2.71 bits per heavy atom. The van der Waals surface area contributed by atoms with Crippen LogP contribution in [0.3, 0.4) is 0 Å². The fourth-order valence-electron chi connectivity index (χ4n) is 2.94. The number of hydrogen-bond acceptors (Lipinski definition) is 4. The van der Waals surface area contributed by atoms with Crippen molar-refractivity contribution in [3.63, 3.8) is 0 Å². The fourth-order valence-corrected chi connectivity index (χ4v) is 3.63. The third kappa shape index (κ3) is 4.69. The van der Waals surface area contributed by atoms with Gasteiger partial charge in [-0.15, -0.1) is 11.3 Å². The van der Waals surface area contributed by atoms with Crippen LogP contribution in [-0.2, 0) is 6.54 Å². The molecular weight excluding hydrogens is 322 g/mol. The van der Waals surface area contributed by atoms with Crippen LogP contribution in [-0.4, -0.2) is 53.3 Å². The second kappa shape index (κ2) is 7.51. The van der Waals surface area contributed by atoms with E-state index in [0.717, 1.165) is 17.9 Å². The number of aromatic nitrogens is 1. The van der Waals surface area contributed by atoms with Crippen LogP contribution in [0.2, 0.25) is 0 Å². The van der Waals surface area contributed by atoms with Crippen LogP contribution in [0.15, 0.2) is 23.6 Å². The molecular formula is C18H27N3O2S. The highest BCUT2D eigenvalue weighted by molar-refractivity contribution is 7.09. The molecule has 0 aromatic carbocycles. The van der Waals surface area contributed by atoms with Gasteiger partial charge in [0.25, 0.3) is 5.91 Å². The molecule has 1 unspecified atom stereocenters. The van der Waals surface area contributed by atoms with Gasteiger partial charge in [0.2, 0.25) is 0 Å². The molecule has 6 heteroatoms. The minimum absolute atomic E-state index is 0.139. The van der Waals surface area contributed by atoms with Gasteiger partial charge >= 0.3 is 0 Å². The minimum Gasteiger partial charge on any atom is -0.387 e. The average molecular weight is 350 g/mol. The molecule has 2 rings (SSSR count). The van der Waals surface area contributed by atoms with Crippen LogP contribution in [0, 0.1) is 13.8 Å². The molecule has 2 aromatic heterocycles. The lowest BCUT2D eigenvalue weighted by atomic mass is 10.1. The van der Waals surface area contributed by atoms with E-state index < -0.39 is 5.60 Å². The van der Waals surface area contributed by atoms with E-state index in [9.17, 15) is 9.90 Å². The molecule has 0 fully saturated rings. The molecule has 2 heterocycles. The zero-order chi connectivity index (χ0) is 17.9. The van der Waals surface area contributed by atoms with E-state index in [1.54, 1.807) is 18.3 Å². The molecule has 2 N–H and O–H groups in total. The average Bonchev–Trinajstić information content (AvgIpc) is 3.07. The monoisotopic (exact) mass is 349 g/mol. The number of nitrogens with one attached hydrogen (secondary N) is 1. The lowest BCUT2D eigenvalue weighted by Crippen LogP contribution is -2.47. The Bertz CT molecular complexity index is 687. The number of amides is 1. The van der Waals surface area contributed by atoms with Crippen molar-refractivity contribution in [2.24, 2.45) is 0 Å². The van der Waals surface area contributed by atoms with Crippen molar-refractivity contribution in [1.82, 2.24) is 14.8 Å². The van der Waals surface area contributed by atoms with Crippen LogP contribution < -0.4 is 5.32 Å². The van der Waals surface area contributed by atoms with Crippen molar-refractivity contribution in [3.05, 3.63) is 45.4 Å². The second-order valence-corrected chi connectivity index (χ2v) is 7.90. The van der Waals surface area contributed by atoms with Gasteiger partial charge in [-0.25, -0.2) is 0 Å².